The topological polar surface area (TPSA) is 75.9 Å². The highest BCUT2D eigenvalue weighted by Crippen LogP contribution is 2.29. The first kappa shape index (κ1) is 19.9. The predicted molar refractivity (Wildman–Crippen MR) is 108 cm³/mol. The van der Waals surface area contributed by atoms with Crippen LogP contribution in [0.1, 0.15) is 23.2 Å². The zero-order valence-corrected chi connectivity index (χ0v) is 16.4. The lowest BCUT2D eigenvalue weighted by Gasteiger charge is -2.24. The summed E-state index contributed by atoms with van der Waals surface area (Å²) in [5.41, 5.74) is 1.01. The molecule has 0 spiro atoms. The van der Waals surface area contributed by atoms with E-state index in [0.29, 0.717) is 22.9 Å². The summed E-state index contributed by atoms with van der Waals surface area (Å²) in [6.45, 7) is 2.32. The Balaban J connectivity index is 1.72. The molecule has 2 aromatic carbocycles. The molecule has 0 radical (unpaired) electrons. The summed E-state index contributed by atoms with van der Waals surface area (Å²) >= 11 is 5.93. The molecule has 0 aromatic heterocycles. The summed E-state index contributed by atoms with van der Waals surface area (Å²) in [5.74, 6) is 0.363. The van der Waals surface area contributed by atoms with Crippen LogP contribution >= 0.6 is 11.6 Å². The Bertz CT molecular complexity index is 868. The van der Waals surface area contributed by atoms with Gasteiger partial charge in [0, 0.05) is 37.3 Å². The maximum atomic E-state index is 13.0. The molecule has 1 fully saturated rings. The molecule has 0 bridgehead atoms. The van der Waals surface area contributed by atoms with Crippen molar-refractivity contribution in [1.29, 1.82) is 0 Å². The van der Waals surface area contributed by atoms with Gasteiger partial charge in [-0.15, -0.1) is 0 Å². The van der Waals surface area contributed by atoms with Crippen LogP contribution in [0.2, 0.25) is 5.02 Å². The van der Waals surface area contributed by atoms with Crippen molar-refractivity contribution in [2.24, 2.45) is 0 Å². The third-order valence-corrected chi connectivity index (χ3v) is 4.94. The SMILES string of the molecule is CN(CCOc1cccc(Cl)c1)C(=O)c1cc([N+](=O)[O-])ccc1N1CCCC1. The monoisotopic (exact) mass is 403 g/mol. The van der Waals surface area contributed by atoms with Crippen molar-refractivity contribution in [3.8, 4) is 5.75 Å². The fourth-order valence-corrected chi connectivity index (χ4v) is 3.39. The van der Waals surface area contributed by atoms with Crippen molar-refractivity contribution in [2.75, 3.05) is 38.2 Å². The molecule has 8 heteroatoms. The second-order valence-corrected chi connectivity index (χ2v) is 7.12. The first-order valence-electron chi connectivity index (χ1n) is 9.13. The molecule has 1 aliphatic heterocycles. The van der Waals surface area contributed by atoms with Crippen LogP contribution in [0.3, 0.4) is 0 Å². The van der Waals surface area contributed by atoms with Crippen LogP contribution in [0.15, 0.2) is 42.5 Å². The third-order valence-electron chi connectivity index (χ3n) is 4.71. The van der Waals surface area contributed by atoms with Gasteiger partial charge in [0.15, 0.2) is 0 Å². The van der Waals surface area contributed by atoms with Gasteiger partial charge in [-0.3, -0.25) is 14.9 Å². The number of nitro groups is 1. The molecular formula is C20H22ClN3O4. The molecule has 1 saturated heterocycles. The van der Waals surface area contributed by atoms with Crippen molar-refractivity contribution in [3.63, 3.8) is 0 Å². The summed E-state index contributed by atoms with van der Waals surface area (Å²) < 4.78 is 5.64. The van der Waals surface area contributed by atoms with Gasteiger partial charge in [0.05, 0.1) is 22.7 Å². The van der Waals surface area contributed by atoms with Gasteiger partial charge in [0.2, 0.25) is 0 Å². The highest BCUT2D eigenvalue weighted by atomic mass is 35.5. The number of likely N-dealkylation sites (N-methyl/N-ethyl adjacent to an activating group) is 1. The molecule has 1 aliphatic rings. The average molecular weight is 404 g/mol. The van der Waals surface area contributed by atoms with Gasteiger partial charge in [0.1, 0.15) is 12.4 Å². The third kappa shape index (κ3) is 4.72. The number of halogens is 1. The normalized spacial score (nSPS) is 13.4. The first-order valence-corrected chi connectivity index (χ1v) is 9.51. The van der Waals surface area contributed by atoms with Crippen molar-refractivity contribution in [3.05, 3.63) is 63.2 Å². The minimum atomic E-state index is -0.479. The number of hydrogen-bond donors (Lipinski definition) is 0. The number of carbonyl (C=O) groups is 1. The molecule has 1 heterocycles. The summed E-state index contributed by atoms with van der Waals surface area (Å²) in [6, 6.07) is 11.5. The van der Waals surface area contributed by atoms with Crippen LogP contribution in [0, 0.1) is 10.1 Å². The van der Waals surface area contributed by atoms with Crippen molar-refractivity contribution >= 4 is 28.9 Å². The minimum Gasteiger partial charge on any atom is -0.492 e. The van der Waals surface area contributed by atoms with Gasteiger partial charge in [0.25, 0.3) is 11.6 Å². The van der Waals surface area contributed by atoms with E-state index in [1.54, 1.807) is 37.4 Å². The highest BCUT2D eigenvalue weighted by Gasteiger charge is 2.24. The van der Waals surface area contributed by atoms with Crippen molar-refractivity contribution < 1.29 is 14.5 Å². The largest absolute Gasteiger partial charge is 0.492 e. The Morgan fingerprint density at radius 3 is 2.68 bits per heavy atom. The molecule has 0 saturated carbocycles. The Morgan fingerprint density at radius 2 is 2.00 bits per heavy atom. The molecular weight excluding hydrogens is 382 g/mol. The number of benzene rings is 2. The van der Waals surface area contributed by atoms with Gasteiger partial charge in [-0.2, -0.15) is 0 Å². The lowest BCUT2D eigenvalue weighted by atomic mass is 10.1. The summed E-state index contributed by atoms with van der Waals surface area (Å²) in [4.78, 5) is 27.3. The van der Waals surface area contributed by atoms with Gasteiger partial charge >= 0.3 is 0 Å². The number of amides is 1. The standard InChI is InChI=1S/C20H22ClN3O4/c1-22(11-12-28-17-6-4-5-15(21)13-17)20(25)18-14-16(24(26)27)7-8-19(18)23-9-2-3-10-23/h4-8,13-14H,2-3,9-12H2,1H3. The average Bonchev–Trinajstić information content (AvgIpc) is 3.21. The molecule has 0 atom stereocenters. The van der Waals surface area contributed by atoms with Crippen LogP contribution < -0.4 is 9.64 Å². The van der Waals surface area contributed by atoms with Crippen LogP contribution in [0.4, 0.5) is 11.4 Å². The second-order valence-electron chi connectivity index (χ2n) is 6.69. The zero-order chi connectivity index (χ0) is 20.1. The molecule has 2 aromatic rings. The number of nitrogens with zero attached hydrogens (tertiary/aromatic N) is 3. The number of rotatable bonds is 7. The molecule has 3 rings (SSSR count). The molecule has 0 unspecified atom stereocenters. The van der Waals surface area contributed by atoms with Crippen LogP contribution in [-0.2, 0) is 0 Å². The Labute approximate surface area is 168 Å². The van der Waals surface area contributed by atoms with E-state index in [4.69, 9.17) is 16.3 Å². The summed E-state index contributed by atoms with van der Waals surface area (Å²) in [5, 5.41) is 11.7. The van der Waals surface area contributed by atoms with Crippen LogP contribution in [-0.4, -0.2) is 49.0 Å². The number of hydrogen-bond acceptors (Lipinski definition) is 5. The van der Waals surface area contributed by atoms with E-state index in [9.17, 15) is 14.9 Å². The maximum Gasteiger partial charge on any atom is 0.270 e. The number of ether oxygens (including phenoxy) is 1. The molecule has 1 amide bonds. The lowest BCUT2D eigenvalue weighted by Crippen LogP contribution is -2.32. The number of nitro benzene ring substituents is 1. The molecule has 148 valence electrons. The van der Waals surface area contributed by atoms with Crippen molar-refractivity contribution in [2.45, 2.75) is 12.8 Å². The van der Waals surface area contributed by atoms with Crippen molar-refractivity contribution in [1.82, 2.24) is 4.90 Å². The molecule has 0 aliphatic carbocycles. The molecule has 0 N–H and O–H groups in total. The van der Waals surface area contributed by atoms with E-state index in [0.717, 1.165) is 31.6 Å². The van der Waals surface area contributed by atoms with Gasteiger partial charge in [-0.05, 0) is 37.1 Å². The Hall–Kier alpha value is -2.80. The fraction of sp³-hybridized carbons (Fsp3) is 0.350. The van der Waals surface area contributed by atoms with E-state index in [-0.39, 0.29) is 18.2 Å². The van der Waals surface area contributed by atoms with E-state index in [2.05, 4.69) is 4.90 Å². The summed E-state index contributed by atoms with van der Waals surface area (Å²) in [6.07, 6.45) is 2.10. The van der Waals surface area contributed by atoms with Crippen LogP contribution in [0.25, 0.3) is 0 Å². The second kappa shape index (κ2) is 8.93. The van der Waals surface area contributed by atoms with E-state index in [1.165, 1.54) is 17.0 Å². The van der Waals surface area contributed by atoms with E-state index >= 15 is 0 Å². The van der Waals surface area contributed by atoms with Crippen LogP contribution in [0.5, 0.6) is 5.75 Å². The lowest BCUT2D eigenvalue weighted by molar-refractivity contribution is -0.384. The molecule has 7 nitrogen and oxygen atoms in total. The number of non-ortho nitro benzene ring substituents is 1. The zero-order valence-electron chi connectivity index (χ0n) is 15.6. The number of anilines is 1. The minimum absolute atomic E-state index is 0.0881. The number of carbonyl (C=O) groups excluding carboxylic acids is 1. The predicted octanol–water partition coefficient (Wildman–Crippen LogP) is 4.00. The van der Waals surface area contributed by atoms with E-state index in [1.807, 2.05) is 0 Å². The first-order chi connectivity index (χ1) is 13.5. The quantitative estimate of drug-likeness (QED) is 0.516. The summed E-state index contributed by atoms with van der Waals surface area (Å²) in [7, 11) is 1.66. The fourth-order valence-electron chi connectivity index (χ4n) is 3.21. The highest BCUT2D eigenvalue weighted by molar-refractivity contribution is 6.30. The maximum absolute atomic E-state index is 13.0. The van der Waals surface area contributed by atoms with Gasteiger partial charge < -0.3 is 14.5 Å². The molecule has 28 heavy (non-hydrogen) atoms. The Kier molecular flexibility index (Phi) is 6.36. The van der Waals surface area contributed by atoms with Gasteiger partial charge in [-0.25, -0.2) is 0 Å². The Morgan fingerprint density at radius 1 is 1.25 bits per heavy atom. The van der Waals surface area contributed by atoms with Gasteiger partial charge in [-0.1, -0.05) is 17.7 Å². The van der Waals surface area contributed by atoms with E-state index < -0.39 is 4.92 Å². The smallest absolute Gasteiger partial charge is 0.270 e.